The molecule has 2 heterocycles. The van der Waals surface area contributed by atoms with Gasteiger partial charge in [0.2, 0.25) is 5.76 Å². The van der Waals surface area contributed by atoms with Crippen molar-refractivity contribution in [3.63, 3.8) is 0 Å². The molecule has 3 rings (SSSR count). The van der Waals surface area contributed by atoms with E-state index in [9.17, 15) is 18.0 Å². The molecule has 1 fully saturated rings. The first kappa shape index (κ1) is 17.3. The predicted octanol–water partition coefficient (Wildman–Crippen LogP) is 4.08. The van der Waals surface area contributed by atoms with Gasteiger partial charge in [-0.2, -0.15) is 18.2 Å². The molecule has 1 aliphatic rings. The molecule has 134 valence electrons. The van der Waals surface area contributed by atoms with Gasteiger partial charge in [-0.05, 0) is 25.3 Å². The van der Waals surface area contributed by atoms with Crippen LogP contribution in [0.5, 0.6) is 0 Å². The van der Waals surface area contributed by atoms with E-state index in [1.807, 2.05) is 31.2 Å². The largest absolute Gasteiger partial charge is 0.475 e. The van der Waals surface area contributed by atoms with Gasteiger partial charge in [0.15, 0.2) is 5.69 Å². The van der Waals surface area contributed by atoms with Gasteiger partial charge in [0.05, 0.1) is 0 Å². The molecule has 1 N–H and O–H groups in total. The minimum Gasteiger partial charge on any atom is -0.475 e. The van der Waals surface area contributed by atoms with Gasteiger partial charge < -0.3 is 14.4 Å². The highest BCUT2D eigenvalue weighted by molar-refractivity contribution is 5.86. The monoisotopic (exact) mass is 354 g/mol. The number of carbonyl (C=O) groups is 1. The van der Waals surface area contributed by atoms with E-state index in [-0.39, 0.29) is 11.9 Å². The average molecular weight is 354 g/mol. The van der Waals surface area contributed by atoms with Crippen molar-refractivity contribution < 1.29 is 27.5 Å². The van der Waals surface area contributed by atoms with Crippen molar-refractivity contribution in [3.8, 4) is 0 Å². The summed E-state index contributed by atoms with van der Waals surface area (Å²) in [6.45, 7) is 2.88. The molecular weight excluding hydrogens is 337 g/mol. The lowest BCUT2D eigenvalue weighted by Gasteiger charge is -2.32. The number of anilines is 1. The highest BCUT2D eigenvalue weighted by Gasteiger charge is 2.42. The summed E-state index contributed by atoms with van der Waals surface area (Å²) in [4.78, 5) is 16.0. The van der Waals surface area contributed by atoms with Crippen molar-refractivity contribution in [2.24, 2.45) is 0 Å². The van der Waals surface area contributed by atoms with E-state index in [1.165, 1.54) is 0 Å². The fourth-order valence-corrected chi connectivity index (χ4v) is 3.04. The number of alkyl halides is 3. The Morgan fingerprint density at radius 3 is 2.56 bits per heavy atom. The van der Waals surface area contributed by atoms with Crippen molar-refractivity contribution in [1.82, 2.24) is 4.98 Å². The molecule has 1 atom stereocenters. The third-order valence-electron chi connectivity index (χ3n) is 4.32. The number of piperidine rings is 1. The number of hydrogen-bond acceptors (Lipinski definition) is 4. The molecule has 1 aromatic heterocycles. The van der Waals surface area contributed by atoms with E-state index >= 15 is 0 Å². The van der Waals surface area contributed by atoms with E-state index in [0.29, 0.717) is 13.1 Å². The molecule has 0 radical (unpaired) electrons. The summed E-state index contributed by atoms with van der Waals surface area (Å²) in [5.74, 6) is -2.82. The summed E-state index contributed by atoms with van der Waals surface area (Å²) in [5.41, 5.74) is 0.730. The van der Waals surface area contributed by atoms with Crippen LogP contribution in [0, 0.1) is 6.92 Å². The van der Waals surface area contributed by atoms with Crippen molar-refractivity contribution in [3.05, 3.63) is 46.8 Å². The fourth-order valence-electron chi connectivity index (χ4n) is 3.04. The van der Waals surface area contributed by atoms with Gasteiger partial charge in [0, 0.05) is 19.0 Å². The van der Waals surface area contributed by atoms with Crippen LogP contribution in [0.2, 0.25) is 0 Å². The molecule has 0 amide bonds. The normalized spacial score (nSPS) is 18.4. The smallest absolute Gasteiger partial charge is 0.437 e. The second kappa shape index (κ2) is 6.42. The Labute approximate surface area is 142 Å². The summed E-state index contributed by atoms with van der Waals surface area (Å²) in [5, 5.41) is 8.94. The Kier molecular flexibility index (Phi) is 4.45. The van der Waals surface area contributed by atoms with Gasteiger partial charge in [0.25, 0.3) is 6.01 Å². The molecule has 0 bridgehead atoms. The Morgan fingerprint density at radius 1 is 1.32 bits per heavy atom. The first-order chi connectivity index (χ1) is 11.8. The molecule has 8 heteroatoms. The lowest BCUT2D eigenvalue weighted by atomic mass is 9.90. The Bertz CT molecular complexity index is 768. The van der Waals surface area contributed by atoms with E-state index in [4.69, 9.17) is 9.52 Å². The fraction of sp³-hybridized carbons (Fsp3) is 0.412. The number of nitrogens with zero attached hydrogens (tertiary/aromatic N) is 2. The molecule has 0 aliphatic carbocycles. The highest BCUT2D eigenvalue weighted by Crippen LogP contribution is 2.36. The molecule has 1 aromatic carbocycles. The summed E-state index contributed by atoms with van der Waals surface area (Å²) < 4.78 is 43.8. The van der Waals surface area contributed by atoms with Crippen LogP contribution < -0.4 is 4.90 Å². The SMILES string of the molecule is Cc1ccc(C2CCCN(c3nc(C(F)(F)F)c(C(=O)O)o3)C2)cc1. The standard InChI is InChI=1S/C17H17F3N2O3/c1-10-4-6-11(7-5-10)12-3-2-8-22(9-12)16-21-14(17(18,19)20)13(25-16)15(23)24/h4-7,12H,2-3,8-9H2,1H3,(H,23,24). The molecule has 0 spiro atoms. The van der Waals surface area contributed by atoms with Crippen molar-refractivity contribution in [1.29, 1.82) is 0 Å². The number of carboxylic acid groups (broad SMARTS) is 1. The van der Waals surface area contributed by atoms with E-state index in [2.05, 4.69) is 4.98 Å². The molecule has 1 aliphatic heterocycles. The quantitative estimate of drug-likeness (QED) is 0.899. The van der Waals surface area contributed by atoms with Crippen molar-refractivity contribution in [2.75, 3.05) is 18.0 Å². The highest BCUT2D eigenvalue weighted by atomic mass is 19.4. The van der Waals surface area contributed by atoms with Crippen LogP contribution in [-0.2, 0) is 6.18 Å². The second-order valence-corrected chi connectivity index (χ2v) is 6.17. The van der Waals surface area contributed by atoms with Crippen LogP contribution in [0.3, 0.4) is 0 Å². The lowest BCUT2D eigenvalue weighted by Crippen LogP contribution is -2.34. The zero-order chi connectivity index (χ0) is 18.2. The Hall–Kier alpha value is -2.51. The minimum absolute atomic E-state index is 0.129. The van der Waals surface area contributed by atoms with E-state index in [0.717, 1.165) is 24.0 Å². The Balaban J connectivity index is 1.86. The number of aryl methyl sites for hydroxylation is 1. The number of rotatable bonds is 3. The molecule has 1 unspecified atom stereocenters. The molecule has 1 saturated heterocycles. The first-order valence-corrected chi connectivity index (χ1v) is 7.88. The first-order valence-electron chi connectivity index (χ1n) is 7.88. The number of benzene rings is 1. The van der Waals surface area contributed by atoms with Gasteiger partial charge in [-0.15, -0.1) is 0 Å². The summed E-state index contributed by atoms with van der Waals surface area (Å²) in [7, 11) is 0. The van der Waals surface area contributed by atoms with Crippen LogP contribution in [0.4, 0.5) is 19.2 Å². The number of halogens is 3. The molecule has 25 heavy (non-hydrogen) atoms. The maximum absolute atomic E-state index is 13.0. The number of oxazole rings is 1. The third kappa shape index (κ3) is 3.62. The molecule has 0 saturated carbocycles. The summed E-state index contributed by atoms with van der Waals surface area (Å²) in [6.07, 6.45) is -3.22. The maximum atomic E-state index is 13.0. The minimum atomic E-state index is -4.87. The zero-order valence-electron chi connectivity index (χ0n) is 13.5. The summed E-state index contributed by atoms with van der Waals surface area (Å²) in [6, 6.07) is 7.70. The third-order valence-corrected chi connectivity index (χ3v) is 4.32. The maximum Gasteiger partial charge on any atom is 0.437 e. The summed E-state index contributed by atoms with van der Waals surface area (Å²) >= 11 is 0. The molecular formula is C17H17F3N2O3. The zero-order valence-corrected chi connectivity index (χ0v) is 13.5. The van der Waals surface area contributed by atoms with Gasteiger partial charge in [0.1, 0.15) is 0 Å². The van der Waals surface area contributed by atoms with E-state index in [1.54, 1.807) is 4.90 Å². The Morgan fingerprint density at radius 2 is 2.00 bits per heavy atom. The van der Waals surface area contributed by atoms with Gasteiger partial charge in [-0.1, -0.05) is 29.8 Å². The van der Waals surface area contributed by atoms with Gasteiger partial charge in [-0.25, -0.2) is 4.79 Å². The number of carboxylic acids is 1. The van der Waals surface area contributed by atoms with Crippen LogP contribution in [0.25, 0.3) is 0 Å². The van der Waals surface area contributed by atoms with Crippen molar-refractivity contribution >= 4 is 12.0 Å². The second-order valence-electron chi connectivity index (χ2n) is 6.17. The predicted molar refractivity (Wildman–Crippen MR) is 83.8 cm³/mol. The van der Waals surface area contributed by atoms with Gasteiger partial charge >= 0.3 is 12.1 Å². The average Bonchev–Trinajstić information content (AvgIpc) is 3.02. The number of aromatic carboxylic acids is 1. The molecule has 5 nitrogen and oxygen atoms in total. The van der Waals surface area contributed by atoms with Crippen LogP contribution in [-0.4, -0.2) is 29.1 Å². The van der Waals surface area contributed by atoms with Crippen LogP contribution in [0.15, 0.2) is 28.7 Å². The molecule has 2 aromatic rings. The van der Waals surface area contributed by atoms with Crippen LogP contribution >= 0.6 is 0 Å². The number of aromatic nitrogens is 1. The van der Waals surface area contributed by atoms with Crippen LogP contribution in [0.1, 0.15) is 46.1 Å². The number of hydrogen-bond donors (Lipinski definition) is 1. The van der Waals surface area contributed by atoms with E-state index < -0.39 is 23.6 Å². The van der Waals surface area contributed by atoms with Gasteiger partial charge in [-0.3, -0.25) is 0 Å². The lowest BCUT2D eigenvalue weighted by molar-refractivity contribution is -0.141. The topological polar surface area (TPSA) is 66.6 Å². The van der Waals surface area contributed by atoms with Crippen molar-refractivity contribution in [2.45, 2.75) is 31.9 Å².